The van der Waals surface area contributed by atoms with E-state index in [0.29, 0.717) is 11.5 Å². The summed E-state index contributed by atoms with van der Waals surface area (Å²) in [5, 5.41) is 2.94. The van der Waals surface area contributed by atoms with E-state index in [2.05, 4.69) is 5.32 Å². The molecule has 0 radical (unpaired) electrons. The molecule has 0 saturated heterocycles. The number of hydrogen-bond donors (Lipinski definition) is 1. The lowest BCUT2D eigenvalue weighted by atomic mass is 9.99. The van der Waals surface area contributed by atoms with E-state index in [1.807, 2.05) is 60.7 Å². The van der Waals surface area contributed by atoms with E-state index in [1.165, 1.54) is 6.08 Å². The van der Waals surface area contributed by atoms with E-state index in [0.717, 1.165) is 16.7 Å². The second kappa shape index (κ2) is 9.63. The molecule has 1 aliphatic heterocycles. The van der Waals surface area contributed by atoms with Gasteiger partial charge in [-0.05, 0) is 34.9 Å². The predicted octanol–water partition coefficient (Wildman–Crippen LogP) is 3.88. The maximum Gasteiger partial charge on any atom is 0.331 e. The van der Waals surface area contributed by atoms with Crippen molar-refractivity contribution in [2.24, 2.45) is 0 Å². The molecule has 6 heteroatoms. The Morgan fingerprint density at radius 2 is 1.55 bits per heavy atom. The fourth-order valence-electron chi connectivity index (χ4n) is 3.22. The first-order valence-corrected chi connectivity index (χ1v) is 9.83. The van der Waals surface area contributed by atoms with Crippen molar-refractivity contribution in [2.45, 2.75) is 6.04 Å². The van der Waals surface area contributed by atoms with Crippen LogP contribution in [-0.2, 0) is 14.3 Å². The van der Waals surface area contributed by atoms with Crippen molar-refractivity contribution in [3.8, 4) is 11.5 Å². The second-order valence-corrected chi connectivity index (χ2v) is 6.88. The number of benzene rings is 3. The van der Waals surface area contributed by atoms with Gasteiger partial charge in [0.2, 0.25) is 6.79 Å². The lowest BCUT2D eigenvalue weighted by molar-refractivity contribution is -0.143. The fourth-order valence-corrected chi connectivity index (χ4v) is 3.22. The van der Waals surface area contributed by atoms with E-state index in [1.54, 1.807) is 24.3 Å². The zero-order valence-electron chi connectivity index (χ0n) is 16.7. The molecule has 3 aromatic carbocycles. The normalized spacial score (nSPS) is 12.2. The largest absolute Gasteiger partial charge is 0.454 e. The molecule has 0 unspecified atom stereocenters. The molecule has 1 amide bonds. The van der Waals surface area contributed by atoms with Gasteiger partial charge in [0, 0.05) is 6.08 Å². The number of amides is 1. The minimum absolute atomic E-state index is 0.187. The highest BCUT2D eigenvalue weighted by molar-refractivity contribution is 5.89. The first-order chi connectivity index (χ1) is 15.2. The van der Waals surface area contributed by atoms with Crippen LogP contribution in [0.25, 0.3) is 6.08 Å². The summed E-state index contributed by atoms with van der Waals surface area (Å²) in [6, 6.07) is 24.3. The Morgan fingerprint density at radius 3 is 2.23 bits per heavy atom. The molecule has 31 heavy (non-hydrogen) atoms. The minimum atomic E-state index is -0.608. The number of ether oxygens (including phenoxy) is 3. The molecule has 1 heterocycles. The third kappa shape index (κ3) is 5.30. The minimum Gasteiger partial charge on any atom is -0.454 e. The van der Waals surface area contributed by atoms with Gasteiger partial charge in [-0.1, -0.05) is 66.7 Å². The molecule has 0 atom stereocenters. The molecule has 3 aromatic rings. The molecule has 6 nitrogen and oxygen atoms in total. The van der Waals surface area contributed by atoms with Crippen LogP contribution in [0.3, 0.4) is 0 Å². The van der Waals surface area contributed by atoms with Crippen molar-refractivity contribution in [3.05, 3.63) is 102 Å². The highest BCUT2D eigenvalue weighted by Gasteiger charge is 2.17. The number of carbonyl (C=O) groups excluding carboxylic acids is 2. The molecule has 0 aliphatic carbocycles. The molecule has 0 saturated carbocycles. The Bertz CT molecular complexity index is 1040. The van der Waals surface area contributed by atoms with Crippen LogP contribution in [-0.4, -0.2) is 25.3 Å². The smallest absolute Gasteiger partial charge is 0.331 e. The molecule has 0 bridgehead atoms. The monoisotopic (exact) mass is 415 g/mol. The van der Waals surface area contributed by atoms with Crippen LogP contribution < -0.4 is 14.8 Å². The Morgan fingerprint density at radius 1 is 0.903 bits per heavy atom. The van der Waals surface area contributed by atoms with Crippen LogP contribution in [0, 0.1) is 0 Å². The topological polar surface area (TPSA) is 73.9 Å². The molecule has 4 rings (SSSR count). The summed E-state index contributed by atoms with van der Waals surface area (Å²) in [4.78, 5) is 24.5. The third-order valence-electron chi connectivity index (χ3n) is 4.73. The van der Waals surface area contributed by atoms with Gasteiger partial charge in [0.15, 0.2) is 18.1 Å². The fraction of sp³-hybridized carbons (Fsp3) is 0.120. The standard InChI is InChI=1S/C25H21NO5/c27-23(26-25(19-7-3-1-4-8-19)20-9-5-2-6-10-20)16-29-24(28)14-12-18-11-13-21-22(15-18)31-17-30-21/h1-15,25H,16-17H2,(H,26,27)/b14-12+. The summed E-state index contributed by atoms with van der Waals surface area (Å²) in [5.74, 6) is 0.303. The number of nitrogens with one attached hydrogen (secondary N) is 1. The number of fused-ring (bicyclic) bond motifs is 1. The van der Waals surface area contributed by atoms with Gasteiger partial charge in [0.1, 0.15) is 0 Å². The average molecular weight is 415 g/mol. The Balaban J connectivity index is 1.34. The van der Waals surface area contributed by atoms with Crippen molar-refractivity contribution in [3.63, 3.8) is 0 Å². The van der Waals surface area contributed by atoms with Crippen LogP contribution >= 0.6 is 0 Å². The highest BCUT2D eigenvalue weighted by Crippen LogP contribution is 2.32. The number of rotatable bonds is 7. The van der Waals surface area contributed by atoms with Gasteiger partial charge in [-0.15, -0.1) is 0 Å². The molecule has 1 aliphatic rings. The first-order valence-electron chi connectivity index (χ1n) is 9.83. The summed E-state index contributed by atoms with van der Waals surface area (Å²) in [5.41, 5.74) is 2.64. The van der Waals surface area contributed by atoms with E-state index in [4.69, 9.17) is 14.2 Å². The molecule has 0 fully saturated rings. The zero-order valence-corrected chi connectivity index (χ0v) is 16.7. The summed E-state index contributed by atoms with van der Waals surface area (Å²) in [6.07, 6.45) is 2.87. The molecule has 156 valence electrons. The van der Waals surface area contributed by atoms with Crippen LogP contribution in [0.15, 0.2) is 84.9 Å². The summed E-state index contributed by atoms with van der Waals surface area (Å²) in [7, 11) is 0. The average Bonchev–Trinajstić information content (AvgIpc) is 3.29. The van der Waals surface area contributed by atoms with Gasteiger partial charge in [0.05, 0.1) is 6.04 Å². The van der Waals surface area contributed by atoms with E-state index in [9.17, 15) is 9.59 Å². The van der Waals surface area contributed by atoms with Crippen molar-refractivity contribution < 1.29 is 23.8 Å². The van der Waals surface area contributed by atoms with E-state index < -0.39 is 5.97 Å². The quantitative estimate of drug-likeness (QED) is 0.468. The third-order valence-corrected chi connectivity index (χ3v) is 4.73. The molecular formula is C25H21NO5. The SMILES string of the molecule is O=C(COC(=O)/C=C/c1ccc2c(c1)OCO2)NC(c1ccccc1)c1ccccc1. The van der Waals surface area contributed by atoms with E-state index >= 15 is 0 Å². The van der Waals surface area contributed by atoms with Gasteiger partial charge in [-0.3, -0.25) is 4.79 Å². The maximum atomic E-state index is 12.5. The van der Waals surface area contributed by atoms with Gasteiger partial charge < -0.3 is 19.5 Å². The summed E-state index contributed by atoms with van der Waals surface area (Å²) in [6.45, 7) is -0.187. The number of hydrogen-bond acceptors (Lipinski definition) is 5. The molecule has 0 spiro atoms. The van der Waals surface area contributed by atoms with Gasteiger partial charge in [-0.2, -0.15) is 0 Å². The zero-order chi connectivity index (χ0) is 21.5. The Hall–Kier alpha value is -4.06. The first kappa shape index (κ1) is 20.2. The summed E-state index contributed by atoms with van der Waals surface area (Å²) < 4.78 is 15.7. The molecule has 1 N–H and O–H groups in total. The number of esters is 1. The lowest BCUT2D eigenvalue weighted by Gasteiger charge is -2.19. The highest BCUT2D eigenvalue weighted by atomic mass is 16.7. The molecular weight excluding hydrogens is 394 g/mol. The van der Waals surface area contributed by atoms with Crippen LogP contribution in [0.4, 0.5) is 0 Å². The van der Waals surface area contributed by atoms with Gasteiger partial charge in [-0.25, -0.2) is 4.79 Å². The van der Waals surface area contributed by atoms with Crippen LogP contribution in [0.2, 0.25) is 0 Å². The van der Waals surface area contributed by atoms with Crippen molar-refractivity contribution in [1.82, 2.24) is 5.32 Å². The molecule has 0 aromatic heterocycles. The van der Waals surface area contributed by atoms with E-state index in [-0.39, 0.29) is 25.3 Å². The van der Waals surface area contributed by atoms with Crippen LogP contribution in [0.5, 0.6) is 11.5 Å². The van der Waals surface area contributed by atoms with Crippen LogP contribution in [0.1, 0.15) is 22.7 Å². The lowest BCUT2D eigenvalue weighted by Crippen LogP contribution is -2.32. The summed E-state index contributed by atoms with van der Waals surface area (Å²) >= 11 is 0. The Labute approximate surface area is 180 Å². The van der Waals surface area contributed by atoms with Crippen molar-refractivity contribution in [2.75, 3.05) is 13.4 Å². The maximum absolute atomic E-state index is 12.5. The Kier molecular flexibility index (Phi) is 6.28. The van der Waals surface area contributed by atoms with Gasteiger partial charge >= 0.3 is 5.97 Å². The van der Waals surface area contributed by atoms with Crippen molar-refractivity contribution >= 4 is 18.0 Å². The number of carbonyl (C=O) groups is 2. The second-order valence-electron chi connectivity index (χ2n) is 6.88. The van der Waals surface area contributed by atoms with Crippen molar-refractivity contribution in [1.29, 1.82) is 0 Å². The van der Waals surface area contributed by atoms with Gasteiger partial charge in [0.25, 0.3) is 5.91 Å². The predicted molar refractivity (Wildman–Crippen MR) is 115 cm³/mol.